The second kappa shape index (κ2) is 5.73. The van der Waals surface area contributed by atoms with Crippen molar-refractivity contribution in [3.63, 3.8) is 0 Å². The van der Waals surface area contributed by atoms with Crippen LogP contribution in [0.4, 0.5) is 5.69 Å². The summed E-state index contributed by atoms with van der Waals surface area (Å²) in [5.41, 5.74) is 7.28. The summed E-state index contributed by atoms with van der Waals surface area (Å²) in [6.45, 7) is 0.382. The first-order valence-corrected chi connectivity index (χ1v) is 6.15. The van der Waals surface area contributed by atoms with Crippen molar-refractivity contribution < 1.29 is 9.47 Å². The molecule has 1 aromatic carbocycles. The van der Waals surface area contributed by atoms with E-state index in [9.17, 15) is 0 Å². The SMILES string of the molecule is COc1ncccc1COc1cc(N)cc(Br)c1. The summed E-state index contributed by atoms with van der Waals surface area (Å²) in [6, 6.07) is 9.20. The Kier molecular flexibility index (Phi) is 4.04. The van der Waals surface area contributed by atoms with E-state index < -0.39 is 0 Å². The molecule has 0 amide bonds. The molecule has 2 rings (SSSR count). The normalized spacial score (nSPS) is 10.1. The molecular formula is C13H13BrN2O2. The van der Waals surface area contributed by atoms with Crippen molar-refractivity contribution in [3.8, 4) is 11.6 Å². The van der Waals surface area contributed by atoms with Gasteiger partial charge >= 0.3 is 0 Å². The quantitative estimate of drug-likeness (QED) is 0.882. The lowest BCUT2D eigenvalue weighted by Gasteiger charge is -2.10. The topological polar surface area (TPSA) is 57.4 Å². The lowest BCUT2D eigenvalue weighted by atomic mass is 10.3. The molecule has 5 heteroatoms. The van der Waals surface area contributed by atoms with Crippen molar-refractivity contribution in [2.75, 3.05) is 12.8 Å². The summed E-state index contributed by atoms with van der Waals surface area (Å²) in [5.74, 6) is 1.27. The molecule has 0 unspecified atom stereocenters. The maximum atomic E-state index is 5.74. The molecule has 0 aliphatic rings. The van der Waals surface area contributed by atoms with E-state index in [0.717, 1.165) is 10.0 Å². The van der Waals surface area contributed by atoms with Crippen molar-refractivity contribution in [1.82, 2.24) is 4.98 Å². The molecule has 0 fully saturated rings. The lowest BCUT2D eigenvalue weighted by molar-refractivity contribution is 0.294. The molecule has 0 spiro atoms. The zero-order chi connectivity index (χ0) is 13.0. The minimum Gasteiger partial charge on any atom is -0.489 e. The van der Waals surface area contributed by atoms with Crippen molar-refractivity contribution in [3.05, 3.63) is 46.6 Å². The molecule has 0 atom stereocenters. The van der Waals surface area contributed by atoms with E-state index >= 15 is 0 Å². The van der Waals surface area contributed by atoms with Gasteiger partial charge in [0.2, 0.25) is 5.88 Å². The van der Waals surface area contributed by atoms with Gasteiger partial charge in [0.05, 0.1) is 12.7 Å². The van der Waals surface area contributed by atoms with E-state index in [4.69, 9.17) is 15.2 Å². The van der Waals surface area contributed by atoms with Gasteiger partial charge in [-0.1, -0.05) is 15.9 Å². The maximum Gasteiger partial charge on any atom is 0.219 e. The van der Waals surface area contributed by atoms with Crippen molar-refractivity contribution in [2.24, 2.45) is 0 Å². The number of nitrogens with two attached hydrogens (primary N) is 1. The van der Waals surface area contributed by atoms with Crippen LogP contribution in [0.1, 0.15) is 5.56 Å². The number of nitrogens with zero attached hydrogens (tertiary/aromatic N) is 1. The summed E-state index contributed by atoms with van der Waals surface area (Å²) < 4.78 is 11.7. The van der Waals surface area contributed by atoms with Crippen LogP contribution in [0.25, 0.3) is 0 Å². The second-order valence-corrected chi connectivity index (χ2v) is 4.60. The second-order valence-electron chi connectivity index (χ2n) is 3.68. The van der Waals surface area contributed by atoms with Gasteiger partial charge in [0.15, 0.2) is 0 Å². The van der Waals surface area contributed by atoms with Crippen LogP contribution in [-0.2, 0) is 6.61 Å². The molecule has 94 valence electrons. The standard InChI is InChI=1S/C13H13BrN2O2/c1-17-13-9(3-2-4-16-13)8-18-12-6-10(14)5-11(15)7-12/h2-7H,8,15H2,1H3. The van der Waals surface area contributed by atoms with E-state index in [1.54, 1.807) is 19.4 Å². The molecule has 2 aromatic rings. The number of nitrogen functional groups attached to an aromatic ring is 1. The van der Waals surface area contributed by atoms with Crippen LogP contribution in [0.15, 0.2) is 41.0 Å². The number of ether oxygens (including phenoxy) is 2. The van der Waals surface area contributed by atoms with Crippen LogP contribution >= 0.6 is 15.9 Å². The van der Waals surface area contributed by atoms with Gasteiger partial charge in [-0.15, -0.1) is 0 Å². The largest absolute Gasteiger partial charge is 0.489 e. The summed E-state index contributed by atoms with van der Waals surface area (Å²) in [7, 11) is 1.59. The number of methoxy groups -OCH3 is 1. The Morgan fingerprint density at radius 1 is 1.33 bits per heavy atom. The predicted octanol–water partition coefficient (Wildman–Crippen LogP) is 3.01. The fourth-order valence-corrected chi connectivity index (χ4v) is 2.04. The van der Waals surface area contributed by atoms with Gasteiger partial charge in [0.1, 0.15) is 12.4 Å². The molecule has 0 aliphatic heterocycles. The summed E-state index contributed by atoms with van der Waals surface area (Å²) in [5, 5.41) is 0. The van der Waals surface area contributed by atoms with Crippen molar-refractivity contribution in [2.45, 2.75) is 6.61 Å². The molecular weight excluding hydrogens is 296 g/mol. The monoisotopic (exact) mass is 308 g/mol. The zero-order valence-corrected chi connectivity index (χ0v) is 11.5. The number of hydrogen-bond acceptors (Lipinski definition) is 4. The van der Waals surface area contributed by atoms with Gasteiger partial charge < -0.3 is 15.2 Å². The number of anilines is 1. The van der Waals surface area contributed by atoms with E-state index in [-0.39, 0.29) is 0 Å². The molecule has 0 aliphatic carbocycles. The molecule has 4 nitrogen and oxygen atoms in total. The number of halogens is 1. The van der Waals surface area contributed by atoms with Crippen LogP contribution < -0.4 is 15.2 Å². The van der Waals surface area contributed by atoms with Crippen molar-refractivity contribution >= 4 is 21.6 Å². The average Bonchev–Trinajstić information content (AvgIpc) is 2.35. The highest BCUT2D eigenvalue weighted by atomic mass is 79.9. The predicted molar refractivity (Wildman–Crippen MR) is 73.7 cm³/mol. The smallest absolute Gasteiger partial charge is 0.219 e. The summed E-state index contributed by atoms with van der Waals surface area (Å²) in [4.78, 5) is 4.11. The number of rotatable bonds is 4. The minimum atomic E-state index is 0.382. The van der Waals surface area contributed by atoms with E-state index in [1.165, 1.54) is 0 Å². The molecule has 2 N–H and O–H groups in total. The van der Waals surface area contributed by atoms with Crippen LogP contribution in [0.2, 0.25) is 0 Å². The van der Waals surface area contributed by atoms with Crippen LogP contribution in [0, 0.1) is 0 Å². The first-order chi connectivity index (χ1) is 8.69. The van der Waals surface area contributed by atoms with E-state index in [2.05, 4.69) is 20.9 Å². The third-order valence-electron chi connectivity index (χ3n) is 2.33. The fourth-order valence-electron chi connectivity index (χ4n) is 1.55. The molecule has 18 heavy (non-hydrogen) atoms. The Morgan fingerprint density at radius 2 is 2.17 bits per heavy atom. The molecule has 0 radical (unpaired) electrons. The number of benzene rings is 1. The van der Waals surface area contributed by atoms with Crippen LogP contribution in [0.3, 0.4) is 0 Å². The Morgan fingerprint density at radius 3 is 2.89 bits per heavy atom. The highest BCUT2D eigenvalue weighted by Gasteiger charge is 2.05. The number of hydrogen-bond donors (Lipinski definition) is 1. The number of aromatic nitrogens is 1. The van der Waals surface area contributed by atoms with Gasteiger partial charge in [0, 0.05) is 22.4 Å². The Bertz CT molecular complexity index is 526. The molecule has 0 saturated carbocycles. The molecule has 0 bridgehead atoms. The average molecular weight is 309 g/mol. The van der Waals surface area contributed by atoms with E-state index in [1.807, 2.05) is 24.3 Å². The highest BCUT2D eigenvalue weighted by molar-refractivity contribution is 9.10. The first-order valence-electron chi connectivity index (χ1n) is 5.36. The van der Waals surface area contributed by atoms with Crippen molar-refractivity contribution in [1.29, 1.82) is 0 Å². The third kappa shape index (κ3) is 3.13. The van der Waals surface area contributed by atoms with Gasteiger partial charge in [-0.25, -0.2) is 4.98 Å². The summed E-state index contributed by atoms with van der Waals surface area (Å²) >= 11 is 3.37. The maximum absolute atomic E-state index is 5.74. The first kappa shape index (κ1) is 12.7. The van der Waals surface area contributed by atoms with Crippen LogP contribution in [0.5, 0.6) is 11.6 Å². The number of pyridine rings is 1. The molecule has 0 saturated heterocycles. The Labute approximate surface area is 114 Å². The Balaban J connectivity index is 2.11. The lowest BCUT2D eigenvalue weighted by Crippen LogP contribution is -2.00. The molecule has 1 heterocycles. The highest BCUT2D eigenvalue weighted by Crippen LogP contribution is 2.24. The van der Waals surface area contributed by atoms with Gasteiger partial charge in [-0.3, -0.25) is 0 Å². The third-order valence-corrected chi connectivity index (χ3v) is 2.79. The zero-order valence-electron chi connectivity index (χ0n) is 9.89. The van der Waals surface area contributed by atoms with Crippen LogP contribution in [-0.4, -0.2) is 12.1 Å². The fraction of sp³-hybridized carbons (Fsp3) is 0.154. The van der Waals surface area contributed by atoms with E-state index in [0.29, 0.717) is 23.9 Å². The Hall–Kier alpha value is -1.75. The molecule has 1 aromatic heterocycles. The van der Waals surface area contributed by atoms with Gasteiger partial charge in [0.25, 0.3) is 0 Å². The van der Waals surface area contributed by atoms with Gasteiger partial charge in [-0.05, 0) is 24.3 Å². The van der Waals surface area contributed by atoms with Gasteiger partial charge in [-0.2, -0.15) is 0 Å². The summed E-state index contributed by atoms with van der Waals surface area (Å²) in [6.07, 6.45) is 1.68. The minimum absolute atomic E-state index is 0.382.